The van der Waals surface area contributed by atoms with Crippen LogP contribution in [0.25, 0.3) is 0 Å². The number of rotatable bonds is 13. The first-order valence-corrected chi connectivity index (χ1v) is 12.9. The van der Waals surface area contributed by atoms with Gasteiger partial charge in [0.25, 0.3) is 0 Å². The standard InChI is InChI=1S/C25H32Cl2N2O2S/c1-3-5-16-28-25(31)23(4-2)29(18-19-8-10-20(26)11-9-19)24(30)7-6-17-32-22-14-12-21(27)13-15-22/h8-15,23H,3-7,16-18H2,1-2H3,(H,28,31)/t23-/m0/s1. The van der Waals surface area contributed by atoms with Gasteiger partial charge in [0, 0.05) is 34.5 Å². The van der Waals surface area contributed by atoms with Crippen LogP contribution in [0.15, 0.2) is 53.4 Å². The summed E-state index contributed by atoms with van der Waals surface area (Å²) in [4.78, 5) is 28.9. The number of unbranched alkanes of at least 4 members (excludes halogenated alkanes) is 1. The predicted octanol–water partition coefficient (Wildman–Crippen LogP) is 6.59. The number of amides is 2. The van der Waals surface area contributed by atoms with Crippen LogP contribution in [0.1, 0.15) is 51.5 Å². The number of hydrogen-bond donors (Lipinski definition) is 1. The van der Waals surface area contributed by atoms with E-state index in [1.807, 2.05) is 55.5 Å². The van der Waals surface area contributed by atoms with E-state index in [9.17, 15) is 9.59 Å². The summed E-state index contributed by atoms with van der Waals surface area (Å²) in [5, 5.41) is 4.35. The summed E-state index contributed by atoms with van der Waals surface area (Å²) >= 11 is 13.6. The Morgan fingerprint density at radius 2 is 1.59 bits per heavy atom. The maximum Gasteiger partial charge on any atom is 0.242 e. The maximum absolute atomic E-state index is 13.2. The quantitative estimate of drug-likeness (QED) is 0.252. The van der Waals surface area contributed by atoms with Crippen molar-refractivity contribution in [2.75, 3.05) is 12.3 Å². The molecule has 2 amide bonds. The van der Waals surface area contributed by atoms with Gasteiger partial charge in [0.2, 0.25) is 11.8 Å². The first-order valence-electron chi connectivity index (χ1n) is 11.1. The zero-order chi connectivity index (χ0) is 23.3. The van der Waals surface area contributed by atoms with Gasteiger partial charge in [-0.25, -0.2) is 0 Å². The highest BCUT2D eigenvalue weighted by atomic mass is 35.5. The highest BCUT2D eigenvalue weighted by molar-refractivity contribution is 7.99. The first-order chi connectivity index (χ1) is 15.4. The third kappa shape index (κ3) is 9.05. The molecule has 0 spiro atoms. The summed E-state index contributed by atoms with van der Waals surface area (Å²) in [6, 6.07) is 14.6. The van der Waals surface area contributed by atoms with Gasteiger partial charge in [-0.15, -0.1) is 11.8 Å². The summed E-state index contributed by atoms with van der Waals surface area (Å²) in [6.07, 6.45) is 3.63. The van der Waals surface area contributed by atoms with Crippen LogP contribution in [-0.4, -0.2) is 35.1 Å². The molecule has 0 aliphatic rings. The van der Waals surface area contributed by atoms with Crippen molar-refractivity contribution in [1.29, 1.82) is 0 Å². The van der Waals surface area contributed by atoms with E-state index in [1.54, 1.807) is 16.7 Å². The van der Waals surface area contributed by atoms with Gasteiger partial charge >= 0.3 is 0 Å². The second kappa shape index (κ2) is 14.5. The molecule has 0 aliphatic carbocycles. The molecule has 0 saturated carbocycles. The van der Waals surface area contributed by atoms with E-state index in [4.69, 9.17) is 23.2 Å². The first kappa shape index (κ1) is 26.6. The zero-order valence-electron chi connectivity index (χ0n) is 18.8. The van der Waals surface area contributed by atoms with Gasteiger partial charge in [-0.05, 0) is 67.0 Å². The van der Waals surface area contributed by atoms with Crippen molar-refractivity contribution in [2.24, 2.45) is 0 Å². The van der Waals surface area contributed by atoms with Crippen molar-refractivity contribution in [3.8, 4) is 0 Å². The summed E-state index contributed by atoms with van der Waals surface area (Å²) in [5.41, 5.74) is 0.957. The lowest BCUT2D eigenvalue weighted by Crippen LogP contribution is -2.49. The Labute approximate surface area is 206 Å². The maximum atomic E-state index is 13.2. The fourth-order valence-corrected chi connectivity index (χ4v) is 4.40. The minimum atomic E-state index is -0.487. The van der Waals surface area contributed by atoms with E-state index >= 15 is 0 Å². The predicted molar refractivity (Wildman–Crippen MR) is 135 cm³/mol. The van der Waals surface area contributed by atoms with Crippen molar-refractivity contribution < 1.29 is 9.59 Å². The third-order valence-electron chi connectivity index (χ3n) is 5.10. The SMILES string of the molecule is CCCCNC(=O)[C@H](CC)N(Cc1ccc(Cl)cc1)C(=O)CCCSc1ccc(Cl)cc1. The van der Waals surface area contributed by atoms with Crippen molar-refractivity contribution in [3.05, 3.63) is 64.1 Å². The topological polar surface area (TPSA) is 49.4 Å². The van der Waals surface area contributed by atoms with Gasteiger partial charge in [0.15, 0.2) is 0 Å². The second-order valence-electron chi connectivity index (χ2n) is 7.62. The lowest BCUT2D eigenvalue weighted by Gasteiger charge is -2.31. The minimum absolute atomic E-state index is 0.00542. The molecule has 174 valence electrons. The van der Waals surface area contributed by atoms with E-state index in [1.165, 1.54) is 0 Å². The van der Waals surface area contributed by atoms with Crippen molar-refractivity contribution in [2.45, 2.75) is 63.4 Å². The van der Waals surface area contributed by atoms with Gasteiger partial charge in [0.1, 0.15) is 6.04 Å². The van der Waals surface area contributed by atoms with Crippen LogP contribution in [0.3, 0.4) is 0 Å². The van der Waals surface area contributed by atoms with E-state index in [2.05, 4.69) is 12.2 Å². The molecule has 2 aromatic carbocycles. The van der Waals surface area contributed by atoms with Gasteiger partial charge in [-0.3, -0.25) is 9.59 Å². The highest BCUT2D eigenvalue weighted by Crippen LogP contribution is 2.22. The van der Waals surface area contributed by atoms with E-state index in [0.29, 0.717) is 36.0 Å². The monoisotopic (exact) mass is 494 g/mol. The molecular weight excluding hydrogens is 463 g/mol. The van der Waals surface area contributed by atoms with Crippen molar-refractivity contribution in [3.63, 3.8) is 0 Å². The average Bonchev–Trinajstić information content (AvgIpc) is 2.79. The van der Waals surface area contributed by atoms with Crippen LogP contribution >= 0.6 is 35.0 Å². The smallest absolute Gasteiger partial charge is 0.242 e. The van der Waals surface area contributed by atoms with Crippen molar-refractivity contribution in [1.82, 2.24) is 10.2 Å². The Bertz CT molecular complexity index is 844. The number of halogens is 2. The molecule has 32 heavy (non-hydrogen) atoms. The Morgan fingerprint density at radius 3 is 2.19 bits per heavy atom. The van der Waals surface area contributed by atoms with Crippen LogP contribution in [0, 0.1) is 0 Å². The number of nitrogens with zero attached hydrogens (tertiary/aromatic N) is 1. The third-order valence-corrected chi connectivity index (χ3v) is 6.70. The molecule has 1 N–H and O–H groups in total. The molecule has 0 bridgehead atoms. The molecule has 0 unspecified atom stereocenters. The van der Waals surface area contributed by atoms with Crippen LogP contribution in [0.5, 0.6) is 0 Å². The van der Waals surface area contributed by atoms with E-state index < -0.39 is 6.04 Å². The van der Waals surface area contributed by atoms with Crippen LogP contribution in [-0.2, 0) is 16.1 Å². The lowest BCUT2D eigenvalue weighted by molar-refractivity contribution is -0.141. The second-order valence-corrected chi connectivity index (χ2v) is 9.66. The van der Waals surface area contributed by atoms with E-state index in [-0.39, 0.29) is 11.8 Å². The molecule has 0 fully saturated rings. The summed E-state index contributed by atoms with van der Waals surface area (Å²) in [7, 11) is 0. The van der Waals surface area contributed by atoms with Crippen LogP contribution in [0.4, 0.5) is 0 Å². The molecule has 0 radical (unpaired) electrons. The van der Waals surface area contributed by atoms with Gasteiger partial charge in [0.05, 0.1) is 0 Å². The molecule has 4 nitrogen and oxygen atoms in total. The van der Waals surface area contributed by atoms with E-state index in [0.717, 1.165) is 35.5 Å². The Balaban J connectivity index is 2.02. The van der Waals surface area contributed by atoms with Gasteiger partial charge in [-0.2, -0.15) is 0 Å². The number of carbonyl (C=O) groups is 2. The molecule has 0 aromatic heterocycles. The fourth-order valence-electron chi connectivity index (χ4n) is 3.30. The van der Waals surface area contributed by atoms with Crippen molar-refractivity contribution >= 4 is 46.8 Å². The molecular formula is C25H32Cl2N2O2S. The van der Waals surface area contributed by atoms with Crippen LogP contribution in [0.2, 0.25) is 10.0 Å². The molecule has 0 heterocycles. The summed E-state index contributed by atoms with van der Waals surface area (Å²) in [5.74, 6) is 0.731. The molecule has 2 rings (SSSR count). The zero-order valence-corrected chi connectivity index (χ0v) is 21.1. The molecule has 7 heteroatoms. The number of carbonyl (C=O) groups excluding carboxylic acids is 2. The summed E-state index contributed by atoms with van der Waals surface area (Å²) in [6.45, 7) is 5.05. The number of nitrogens with one attached hydrogen (secondary N) is 1. The molecule has 2 aromatic rings. The molecule has 0 saturated heterocycles. The molecule has 1 atom stereocenters. The molecule has 0 aliphatic heterocycles. The largest absolute Gasteiger partial charge is 0.354 e. The fraction of sp³-hybridized carbons (Fsp3) is 0.440. The average molecular weight is 496 g/mol. The van der Waals surface area contributed by atoms with Gasteiger partial charge in [-0.1, -0.05) is 55.6 Å². The Hall–Kier alpha value is -1.69. The lowest BCUT2D eigenvalue weighted by atomic mass is 10.1. The number of benzene rings is 2. The normalized spacial score (nSPS) is 11.8. The minimum Gasteiger partial charge on any atom is -0.354 e. The Morgan fingerprint density at radius 1 is 0.969 bits per heavy atom. The summed E-state index contributed by atoms with van der Waals surface area (Å²) < 4.78 is 0. The number of thioether (sulfide) groups is 1. The Kier molecular flexibility index (Phi) is 12.0. The number of hydrogen-bond acceptors (Lipinski definition) is 3. The highest BCUT2D eigenvalue weighted by Gasteiger charge is 2.28. The van der Waals surface area contributed by atoms with Gasteiger partial charge < -0.3 is 10.2 Å². The van der Waals surface area contributed by atoms with Crippen LogP contribution < -0.4 is 5.32 Å².